The second-order valence-electron chi connectivity index (χ2n) is 5.67. The van der Waals surface area contributed by atoms with Crippen molar-refractivity contribution in [2.45, 2.75) is 58.6 Å². The Balaban J connectivity index is 2.60. The highest BCUT2D eigenvalue weighted by atomic mass is 16.3. The first-order chi connectivity index (χ1) is 10.0. The van der Waals surface area contributed by atoms with Crippen molar-refractivity contribution in [1.82, 2.24) is 5.32 Å². The summed E-state index contributed by atoms with van der Waals surface area (Å²) in [5, 5.41) is 16.7. The van der Waals surface area contributed by atoms with E-state index in [-0.39, 0.29) is 5.91 Å². The number of anilines is 1. The van der Waals surface area contributed by atoms with Crippen molar-refractivity contribution in [1.29, 1.82) is 0 Å². The molecule has 0 saturated heterocycles. The fourth-order valence-electron chi connectivity index (χ4n) is 2.65. The Kier molecular flexibility index (Phi) is 7.40. The zero-order valence-electron chi connectivity index (χ0n) is 13.4. The third-order valence-corrected chi connectivity index (χ3v) is 3.53. The Labute approximate surface area is 128 Å². The van der Waals surface area contributed by atoms with E-state index in [0.717, 1.165) is 36.9 Å². The van der Waals surface area contributed by atoms with Crippen LogP contribution in [0.15, 0.2) is 24.3 Å². The van der Waals surface area contributed by atoms with Crippen LogP contribution in [0.4, 0.5) is 5.69 Å². The topological polar surface area (TPSA) is 61.4 Å². The molecule has 0 atom stereocenters. The van der Waals surface area contributed by atoms with Gasteiger partial charge in [-0.2, -0.15) is 0 Å². The molecule has 118 valence electrons. The molecule has 0 saturated carbocycles. The van der Waals surface area contributed by atoms with Crippen LogP contribution in [0.25, 0.3) is 0 Å². The number of amides is 1. The largest absolute Gasteiger partial charge is 0.389 e. The molecule has 0 heterocycles. The van der Waals surface area contributed by atoms with E-state index in [4.69, 9.17) is 0 Å². The van der Waals surface area contributed by atoms with E-state index in [1.807, 2.05) is 24.3 Å². The molecule has 1 aromatic rings. The molecule has 0 fully saturated rings. The van der Waals surface area contributed by atoms with Gasteiger partial charge < -0.3 is 15.7 Å². The SMILES string of the molecule is CCCC(O)(CCC)CNCc1ccccc1NC(C)=O. The Morgan fingerprint density at radius 2 is 1.81 bits per heavy atom. The highest BCUT2D eigenvalue weighted by Crippen LogP contribution is 2.19. The van der Waals surface area contributed by atoms with Crippen molar-refractivity contribution in [3.63, 3.8) is 0 Å². The normalized spacial score (nSPS) is 11.4. The van der Waals surface area contributed by atoms with Gasteiger partial charge in [-0.25, -0.2) is 0 Å². The first-order valence-corrected chi connectivity index (χ1v) is 7.79. The summed E-state index contributed by atoms with van der Waals surface area (Å²) in [5.41, 5.74) is 1.22. The van der Waals surface area contributed by atoms with Crippen molar-refractivity contribution in [2.24, 2.45) is 0 Å². The van der Waals surface area contributed by atoms with Crippen molar-refractivity contribution >= 4 is 11.6 Å². The number of nitrogens with one attached hydrogen (secondary N) is 2. The number of carbonyl (C=O) groups is 1. The third-order valence-electron chi connectivity index (χ3n) is 3.53. The third kappa shape index (κ3) is 6.27. The maximum atomic E-state index is 11.2. The van der Waals surface area contributed by atoms with Gasteiger partial charge in [-0.05, 0) is 24.5 Å². The van der Waals surface area contributed by atoms with E-state index in [0.29, 0.717) is 13.1 Å². The molecule has 0 aliphatic rings. The molecule has 1 amide bonds. The van der Waals surface area contributed by atoms with Crippen LogP contribution < -0.4 is 10.6 Å². The second-order valence-corrected chi connectivity index (χ2v) is 5.67. The van der Waals surface area contributed by atoms with Gasteiger partial charge >= 0.3 is 0 Å². The van der Waals surface area contributed by atoms with E-state index in [9.17, 15) is 9.90 Å². The summed E-state index contributed by atoms with van der Waals surface area (Å²) in [6.07, 6.45) is 3.56. The van der Waals surface area contributed by atoms with Crippen LogP contribution in [0.2, 0.25) is 0 Å². The molecule has 0 aliphatic heterocycles. The van der Waals surface area contributed by atoms with E-state index in [1.165, 1.54) is 6.92 Å². The average Bonchev–Trinajstić information content (AvgIpc) is 2.40. The first-order valence-electron chi connectivity index (χ1n) is 7.79. The average molecular weight is 292 g/mol. The number of carbonyl (C=O) groups excluding carboxylic acids is 1. The van der Waals surface area contributed by atoms with E-state index in [2.05, 4.69) is 24.5 Å². The van der Waals surface area contributed by atoms with Gasteiger partial charge in [0.1, 0.15) is 0 Å². The van der Waals surface area contributed by atoms with Gasteiger partial charge in [-0.15, -0.1) is 0 Å². The summed E-state index contributed by atoms with van der Waals surface area (Å²) in [4.78, 5) is 11.2. The van der Waals surface area contributed by atoms with Gasteiger partial charge in [-0.3, -0.25) is 4.79 Å². The predicted octanol–water partition coefficient (Wildman–Crippen LogP) is 3.07. The lowest BCUT2D eigenvalue weighted by Crippen LogP contribution is -2.40. The first kappa shape index (κ1) is 17.7. The molecular formula is C17H28N2O2. The molecule has 4 nitrogen and oxygen atoms in total. The Morgan fingerprint density at radius 3 is 2.38 bits per heavy atom. The van der Waals surface area contributed by atoms with Crippen LogP contribution >= 0.6 is 0 Å². The van der Waals surface area contributed by atoms with Gasteiger partial charge in [0.15, 0.2) is 0 Å². The van der Waals surface area contributed by atoms with Gasteiger partial charge in [0, 0.05) is 25.7 Å². The van der Waals surface area contributed by atoms with Crippen molar-refractivity contribution in [3.8, 4) is 0 Å². The van der Waals surface area contributed by atoms with E-state index < -0.39 is 5.60 Å². The second kappa shape index (κ2) is 8.80. The highest BCUT2D eigenvalue weighted by Gasteiger charge is 2.24. The number of aliphatic hydroxyl groups is 1. The lowest BCUT2D eigenvalue weighted by atomic mass is 9.92. The van der Waals surface area contributed by atoms with Crippen LogP contribution in [0.1, 0.15) is 52.0 Å². The number of para-hydroxylation sites is 1. The Hall–Kier alpha value is -1.39. The minimum Gasteiger partial charge on any atom is -0.389 e. The minimum absolute atomic E-state index is 0.0732. The highest BCUT2D eigenvalue weighted by molar-refractivity contribution is 5.89. The van der Waals surface area contributed by atoms with Gasteiger partial charge in [0.05, 0.1) is 5.60 Å². The molecule has 1 rings (SSSR count). The summed E-state index contributed by atoms with van der Waals surface area (Å²) in [6.45, 7) is 6.89. The summed E-state index contributed by atoms with van der Waals surface area (Å²) in [7, 11) is 0. The zero-order valence-corrected chi connectivity index (χ0v) is 13.4. The molecule has 3 N–H and O–H groups in total. The predicted molar refractivity (Wildman–Crippen MR) is 87.2 cm³/mol. The van der Waals surface area contributed by atoms with Gasteiger partial charge in [-0.1, -0.05) is 44.9 Å². The fourth-order valence-corrected chi connectivity index (χ4v) is 2.65. The van der Waals surface area contributed by atoms with Gasteiger partial charge in [0.2, 0.25) is 5.91 Å². The zero-order chi connectivity index (χ0) is 15.7. The summed E-state index contributed by atoms with van der Waals surface area (Å²) in [5.74, 6) is -0.0732. The van der Waals surface area contributed by atoms with Crippen LogP contribution in [0.5, 0.6) is 0 Å². The monoisotopic (exact) mass is 292 g/mol. The molecule has 0 radical (unpaired) electrons. The molecule has 0 spiro atoms. The van der Waals surface area contributed by atoms with Crippen LogP contribution in [-0.2, 0) is 11.3 Å². The minimum atomic E-state index is -0.632. The van der Waals surface area contributed by atoms with Crippen LogP contribution in [-0.4, -0.2) is 23.2 Å². The molecule has 0 aliphatic carbocycles. The Morgan fingerprint density at radius 1 is 1.19 bits per heavy atom. The molecule has 0 bridgehead atoms. The Bertz CT molecular complexity index is 440. The summed E-state index contributed by atoms with van der Waals surface area (Å²) >= 11 is 0. The molecule has 4 heteroatoms. The number of hydrogen-bond donors (Lipinski definition) is 3. The lowest BCUT2D eigenvalue weighted by molar-refractivity contribution is -0.114. The molecule has 0 unspecified atom stereocenters. The maximum Gasteiger partial charge on any atom is 0.221 e. The quantitative estimate of drug-likeness (QED) is 0.655. The van der Waals surface area contributed by atoms with Crippen molar-refractivity contribution < 1.29 is 9.90 Å². The molecule has 21 heavy (non-hydrogen) atoms. The van der Waals surface area contributed by atoms with E-state index >= 15 is 0 Å². The fraction of sp³-hybridized carbons (Fsp3) is 0.588. The molecule has 0 aromatic heterocycles. The molecule has 1 aromatic carbocycles. The smallest absolute Gasteiger partial charge is 0.221 e. The number of benzene rings is 1. The van der Waals surface area contributed by atoms with Crippen LogP contribution in [0, 0.1) is 0 Å². The number of rotatable bonds is 9. The van der Waals surface area contributed by atoms with E-state index in [1.54, 1.807) is 0 Å². The van der Waals surface area contributed by atoms with Crippen molar-refractivity contribution in [2.75, 3.05) is 11.9 Å². The van der Waals surface area contributed by atoms with Crippen molar-refractivity contribution in [3.05, 3.63) is 29.8 Å². The summed E-state index contributed by atoms with van der Waals surface area (Å²) < 4.78 is 0. The van der Waals surface area contributed by atoms with Gasteiger partial charge in [0.25, 0.3) is 0 Å². The maximum absolute atomic E-state index is 11.2. The lowest BCUT2D eigenvalue weighted by Gasteiger charge is -2.28. The van der Waals surface area contributed by atoms with Crippen LogP contribution in [0.3, 0.4) is 0 Å². The molecular weight excluding hydrogens is 264 g/mol. The standard InChI is InChI=1S/C17H28N2O2/c1-4-10-17(21,11-5-2)13-18-12-15-8-6-7-9-16(15)19-14(3)20/h6-9,18,21H,4-5,10-13H2,1-3H3,(H,19,20). The summed E-state index contributed by atoms with van der Waals surface area (Å²) in [6, 6.07) is 7.73. The number of hydrogen-bond acceptors (Lipinski definition) is 3.